The summed E-state index contributed by atoms with van der Waals surface area (Å²) in [6, 6.07) is 0.0883. The van der Waals surface area contributed by atoms with Crippen LogP contribution in [0.1, 0.15) is 12.5 Å². The molecule has 2 aromatic heterocycles. The lowest BCUT2D eigenvalue weighted by Crippen LogP contribution is -2.22. The summed E-state index contributed by atoms with van der Waals surface area (Å²) in [6.45, 7) is 0. The van der Waals surface area contributed by atoms with E-state index in [1.165, 1.54) is 6.33 Å². The van der Waals surface area contributed by atoms with Crippen molar-refractivity contribution in [2.45, 2.75) is 18.5 Å². The van der Waals surface area contributed by atoms with Gasteiger partial charge < -0.3 is 9.77 Å². The van der Waals surface area contributed by atoms with Gasteiger partial charge in [0.1, 0.15) is 11.8 Å². The highest BCUT2D eigenvalue weighted by Gasteiger charge is 2.22. The Hall–Kier alpha value is -1.21. The fourth-order valence-electron chi connectivity index (χ4n) is 2.05. The molecule has 2 aromatic rings. The second-order valence-corrected chi connectivity index (χ2v) is 4.27. The molecule has 2 N–H and O–H groups in total. The molecule has 0 aliphatic heterocycles. The maximum atomic E-state index is 8.87. The third-order valence-electron chi connectivity index (χ3n) is 2.90. The van der Waals surface area contributed by atoms with Gasteiger partial charge >= 0.3 is 0 Å². The van der Waals surface area contributed by atoms with E-state index >= 15 is 0 Å². The van der Waals surface area contributed by atoms with Gasteiger partial charge in [0.25, 0.3) is 0 Å². The number of allylic oxidation sites excluding steroid dienone is 1. The predicted octanol–water partition coefficient (Wildman–Crippen LogP) is 1.75. The van der Waals surface area contributed by atoms with Gasteiger partial charge in [0.15, 0.2) is 10.8 Å². The van der Waals surface area contributed by atoms with E-state index in [2.05, 4.69) is 20.4 Å². The van der Waals surface area contributed by atoms with Crippen molar-refractivity contribution < 1.29 is 5.21 Å². The third kappa shape index (κ3) is 2.08. The number of aromatic nitrogens is 4. The maximum Gasteiger partial charge on any atom is 0.165 e. The first-order valence-corrected chi connectivity index (χ1v) is 5.58. The van der Waals surface area contributed by atoms with E-state index in [0.29, 0.717) is 16.3 Å². The van der Waals surface area contributed by atoms with Gasteiger partial charge in [-0.05, 0) is 6.42 Å². The summed E-state index contributed by atoms with van der Waals surface area (Å²) in [6.07, 6.45) is 7.79. The largest absolute Gasteiger partial charge is 0.316 e. The van der Waals surface area contributed by atoms with Crippen molar-refractivity contribution in [3.63, 3.8) is 0 Å². The van der Waals surface area contributed by atoms with E-state index in [-0.39, 0.29) is 24.5 Å². The van der Waals surface area contributed by atoms with Gasteiger partial charge in [-0.3, -0.25) is 0 Å². The second-order valence-electron chi connectivity index (χ2n) is 3.91. The van der Waals surface area contributed by atoms with E-state index in [1.54, 1.807) is 6.33 Å². The minimum Gasteiger partial charge on any atom is -0.316 e. The van der Waals surface area contributed by atoms with Crippen molar-refractivity contribution in [2.75, 3.05) is 0 Å². The van der Waals surface area contributed by atoms with Gasteiger partial charge in [0.05, 0.1) is 18.4 Å². The Kier molecular flexibility index (Phi) is 3.82. The van der Waals surface area contributed by atoms with Crippen molar-refractivity contribution in [1.29, 1.82) is 0 Å². The van der Waals surface area contributed by atoms with Crippen LogP contribution in [-0.4, -0.2) is 30.8 Å². The molecule has 2 heterocycles. The summed E-state index contributed by atoms with van der Waals surface area (Å²) >= 11 is 5.94. The molecule has 0 aromatic carbocycles. The lowest BCUT2D eigenvalue weighted by atomic mass is 10.2. The lowest BCUT2D eigenvalue weighted by Gasteiger charge is -2.12. The Morgan fingerprint density at radius 3 is 2.89 bits per heavy atom. The van der Waals surface area contributed by atoms with Crippen molar-refractivity contribution in [2.24, 2.45) is 0 Å². The molecule has 0 bridgehead atoms. The first-order chi connectivity index (χ1) is 8.29. The minimum absolute atomic E-state index is 0. The average Bonchev–Trinajstić information content (AvgIpc) is 2.94. The smallest absolute Gasteiger partial charge is 0.165 e. The monoisotopic (exact) mass is 287 g/mol. The zero-order valence-corrected chi connectivity index (χ0v) is 10.8. The zero-order valence-electron chi connectivity index (χ0n) is 9.19. The molecule has 8 heteroatoms. The molecule has 1 aliphatic carbocycles. The minimum atomic E-state index is -0.0326. The van der Waals surface area contributed by atoms with Crippen molar-refractivity contribution in [1.82, 2.24) is 25.0 Å². The van der Waals surface area contributed by atoms with E-state index in [4.69, 9.17) is 16.8 Å². The van der Waals surface area contributed by atoms with Gasteiger partial charge in [0, 0.05) is 0 Å². The molecule has 3 rings (SSSR count). The van der Waals surface area contributed by atoms with Crippen molar-refractivity contribution in [3.8, 4) is 0 Å². The normalized spacial score (nSPS) is 22.3. The highest BCUT2D eigenvalue weighted by atomic mass is 35.5. The molecule has 0 saturated carbocycles. The summed E-state index contributed by atoms with van der Waals surface area (Å²) in [5, 5.41) is 9.22. The Labute approximate surface area is 114 Å². The van der Waals surface area contributed by atoms with Gasteiger partial charge in [0.2, 0.25) is 0 Å². The van der Waals surface area contributed by atoms with Gasteiger partial charge in [-0.15, -0.1) is 12.4 Å². The number of nitrogens with one attached hydrogen (secondary N) is 1. The summed E-state index contributed by atoms with van der Waals surface area (Å²) in [7, 11) is 0. The van der Waals surface area contributed by atoms with Crippen LogP contribution in [0.4, 0.5) is 0 Å². The van der Waals surface area contributed by atoms with Crippen LogP contribution in [-0.2, 0) is 0 Å². The first kappa shape index (κ1) is 13.2. The number of hydrogen-bond acceptors (Lipinski definition) is 5. The van der Waals surface area contributed by atoms with Crippen molar-refractivity contribution in [3.05, 3.63) is 30.0 Å². The lowest BCUT2D eigenvalue weighted by molar-refractivity contribution is 0.139. The number of halogens is 2. The molecule has 1 aliphatic rings. The molecule has 0 fully saturated rings. The highest BCUT2D eigenvalue weighted by Crippen LogP contribution is 2.27. The van der Waals surface area contributed by atoms with Gasteiger partial charge in [-0.1, -0.05) is 23.8 Å². The Morgan fingerprint density at radius 1 is 1.33 bits per heavy atom. The van der Waals surface area contributed by atoms with Crippen LogP contribution in [0, 0.1) is 0 Å². The Morgan fingerprint density at radius 2 is 2.17 bits per heavy atom. The third-order valence-corrected chi connectivity index (χ3v) is 3.17. The Bertz CT molecular complexity index is 585. The van der Waals surface area contributed by atoms with E-state index in [0.717, 1.165) is 6.42 Å². The average molecular weight is 288 g/mol. The molecular weight excluding hydrogens is 277 g/mol. The first-order valence-electron chi connectivity index (χ1n) is 5.20. The predicted molar refractivity (Wildman–Crippen MR) is 69.1 cm³/mol. The fraction of sp³-hybridized carbons (Fsp3) is 0.300. The van der Waals surface area contributed by atoms with Crippen LogP contribution in [0.25, 0.3) is 11.2 Å². The molecule has 6 nitrogen and oxygen atoms in total. The van der Waals surface area contributed by atoms with E-state index in [1.807, 2.05) is 16.7 Å². The fourth-order valence-corrected chi connectivity index (χ4v) is 2.22. The summed E-state index contributed by atoms with van der Waals surface area (Å²) < 4.78 is 1.93. The number of hydroxylamine groups is 1. The number of fused-ring (bicyclic) bond motifs is 1. The number of nitrogens with zero attached hydrogens (tertiary/aromatic N) is 4. The summed E-state index contributed by atoms with van der Waals surface area (Å²) in [5.41, 5.74) is 3.54. The maximum absolute atomic E-state index is 8.87. The molecule has 0 spiro atoms. The zero-order chi connectivity index (χ0) is 11.8. The number of hydrogen-bond donors (Lipinski definition) is 2. The molecular formula is C10H11Cl2N5O. The summed E-state index contributed by atoms with van der Waals surface area (Å²) in [5.74, 6) is 0. The molecule has 0 saturated heterocycles. The molecule has 0 radical (unpaired) electrons. The SMILES string of the molecule is Cl.ON[C@@H]1C=CC(n2cnc3c(Cl)ncnc32)C1. The molecule has 96 valence electrons. The van der Waals surface area contributed by atoms with Crippen LogP contribution in [0.15, 0.2) is 24.8 Å². The molecule has 1 unspecified atom stereocenters. The van der Waals surface area contributed by atoms with Crippen LogP contribution >= 0.6 is 24.0 Å². The summed E-state index contributed by atoms with van der Waals surface area (Å²) in [4.78, 5) is 12.3. The number of imidazole rings is 1. The van der Waals surface area contributed by atoms with Crippen LogP contribution in [0.3, 0.4) is 0 Å². The van der Waals surface area contributed by atoms with Crippen LogP contribution in [0.2, 0.25) is 5.15 Å². The molecule has 2 atom stereocenters. The van der Waals surface area contributed by atoms with Crippen molar-refractivity contribution >= 4 is 35.2 Å². The van der Waals surface area contributed by atoms with Crippen LogP contribution < -0.4 is 5.48 Å². The van der Waals surface area contributed by atoms with Gasteiger partial charge in [-0.25, -0.2) is 15.0 Å². The topological polar surface area (TPSA) is 75.9 Å². The standard InChI is InChI=1S/C10H10ClN5O.ClH/c11-9-8-10(13-4-12-9)16(5-14-8)7-2-1-6(3-7)15-17;/h1-2,4-7,15,17H,3H2;1H/t6-,7?;/m1./s1. The number of rotatable bonds is 2. The molecule has 18 heavy (non-hydrogen) atoms. The van der Waals surface area contributed by atoms with E-state index in [9.17, 15) is 0 Å². The van der Waals surface area contributed by atoms with Gasteiger partial charge in [-0.2, -0.15) is 5.48 Å². The quantitative estimate of drug-likeness (QED) is 0.500. The van der Waals surface area contributed by atoms with Crippen LogP contribution in [0.5, 0.6) is 0 Å². The molecule has 0 amide bonds. The second kappa shape index (κ2) is 5.19. The highest BCUT2D eigenvalue weighted by molar-refractivity contribution is 6.33. The van der Waals surface area contributed by atoms with E-state index < -0.39 is 0 Å². The Balaban J connectivity index is 0.00000120.